The predicted molar refractivity (Wildman–Crippen MR) is 76.3 cm³/mol. The second-order valence-electron chi connectivity index (χ2n) is 5.13. The van der Waals surface area contributed by atoms with Gasteiger partial charge in [0.15, 0.2) is 0 Å². The molecule has 3 heteroatoms. The number of carbonyl (C=O) groups excluding carboxylic acids is 1. The van der Waals surface area contributed by atoms with Crippen LogP contribution in [0.15, 0.2) is 18.2 Å². The predicted octanol–water partition coefficient (Wildman–Crippen LogP) is 4.93. The fraction of sp³-hybridized carbons (Fsp3) is 0.533. The Labute approximate surface area is 118 Å². The van der Waals surface area contributed by atoms with Crippen LogP contribution in [0, 0.1) is 11.8 Å². The lowest BCUT2D eigenvalue weighted by atomic mass is 9.95. The molecule has 1 aromatic rings. The van der Waals surface area contributed by atoms with Gasteiger partial charge in [-0.2, -0.15) is 0 Å². The molecule has 1 aliphatic rings. The second-order valence-corrected chi connectivity index (χ2v) is 5.94. The van der Waals surface area contributed by atoms with E-state index in [1.54, 1.807) is 18.2 Å². The Morgan fingerprint density at radius 3 is 2.50 bits per heavy atom. The van der Waals surface area contributed by atoms with E-state index < -0.39 is 0 Å². The zero-order valence-corrected chi connectivity index (χ0v) is 12.1. The standard InChI is InChI=1S/C15H18Cl2O/c1-2-10-6-7-11(8-10)15(18)9-12-13(16)4-3-5-14(12)17/h3-5,10-11H,2,6-9H2,1H3. The Morgan fingerprint density at radius 1 is 1.28 bits per heavy atom. The van der Waals surface area contributed by atoms with E-state index in [1.165, 1.54) is 12.8 Å². The first kappa shape index (κ1) is 13.9. The van der Waals surface area contributed by atoms with Crippen LogP contribution >= 0.6 is 23.2 Å². The summed E-state index contributed by atoms with van der Waals surface area (Å²) in [4.78, 5) is 12.3. The molecule has 1 aliphatic carbocycles. The highest BCUT2D eigenvalue weighted by Crippen LogP contribution is 2.35. The summed E-state index contributed by atoms with van der Waals surface area (Å²) >= 11 is 12.2. The summed E-state index contributed by atoms with van der Waals surface area (Å²) in [7, 11) is 0. The molecule has 98 valence electrons. The van der Waals surface area contributed by atoms with Gasteiger partial charge in [-0.15, -0.1) is 0 Å². The van der Waals surface area contributed by atoms with Crippen molar-refractivity contribution in [1.82, 2.24) is 0 Å². The Bertz CT molecular complexity index is 422. The molecule has 0 aromatic heterocycles. The first-order chi connectivity index (χ1) is 8.61. The molecule has 2 unspecified atom stereocenters. The van der Waals surface area contributed by atoms with Gasteiger partial charge < -0.3 is 0 Å². The van der Waals surface area contributed by atoms with Gasteiger partial charge in [0.05, 0.1) is 0 Å². The van der Waals surface area contributed by atoms with Crippen molar-refractivity contribution in [2.45, 2.75) is 39.0 Å². The van der Waals surface area contributed by atoms with Gasteiger partial charge >= 0.3 is 0 Å². The van der Waals surface area contributed by atoms with Crippen LogP contribution in [0.3, 0.4) is 0 Å². The molecular formula is C15H18Cl2O. The highest BCUT2D eigenvalue weighted by Gasteiger charge is 2.29. The van der Waals surface area contributed by atoms with E-state index in [4.69, 9.17) is 23.2 Å². The van der Waals surface area contributed by atoms with Crippen molar-refractivity contribution >= 4 is 29.0 Å². The first-order valence-corrected chi connectivity index (χ1v) is 7.33. The minimum atomic E-state index is 0.210. The quantitative estimate of drug-likeness (QED) is 0.766. The normalized spacial score (nSPS) is 23.3. The minimum absolute atomic E-state index is 0.210. The molecule has 0 radical (unpaired) electrons. The summed E-state index contributed by atoms with van der Waals surface area (Å²) in [5.41, 5.74) is 0.783. The fourth-order valence-electron chi connectivity index (χ4n) is 2.76. The minimum Gasteiger partial charge on any atom is -0.299 e. The molecule has 0 bridgehead atoms. The third kappa shape index (κ3) is 3.07. The van der Waals surface area contributed by atoms with Crippen LogP contribution in [-0.2, 0) is 11.2 Å². The fourth-order valence-corrected chi connectivity index (χ4v) is 3.29. The molecule has 2 atom stereocenters. The smallest absolute Gasteiger partial charge is 0.140 e. The van der Waals surface area contributed by atoms with Crippen molar-refractivity contribution in [3.63, 3.8) is 0 Å². The van der Waals surface area contributed by atoms with Gasteiger partial charge in [0, 0.05) is 22.4 Å². The van der Waals surface area contributed by atoms with Gasteiger partial charge in [-0.25, -0.2) is 0 Å². The maximum Gasteiger partial charge on any atom is 0.140 e. The van der Waals surface area contributed by atoms with E-state index in [2.05, 4.69) is 6.92 Å². The van der Waals surface area contributed by atoms with Crippen molar-refractivity contribution < 1.29 is 4.79 Å². The Morgan fingerprint density at radius 2 is 1.94 bits per heavy atom. The number of hydrogen-bond donors (Lipinski definition) is 0. The maximum atomic E-state index is 12.3. The lowest BCUT2D eigenvalue weighted by molar-refractivity contribution is -0.122. The van der Waals surface area contributed by atoms with Crippen molar-refractivity contribution in [2.24, 2.45) is 11.8 Å². The van der Waals surface area contributed by atoms with E-state index in [9.17, 15) is 4.79 Å². The Hall–Kier alpha value is -0.530. The van der Waals surface area contributed by atoms with Gasteiger partial charge in [-0.05, 0) is 42.9 Å². The molecule has 0 spiro atoms. The van der Waals surface area contributed by atoms with Crippen LogP contribution in [0.25, 0.3) is 0 Å². The molecule has 1 aromatic carbocycles. The molecule has 0 saturated heterocycles. The van der Waals surface area contributed by atoms with E-state index in [-0.39, 0.29) is 5.92 Å². The average molecular weight is 285 g/mol. The number of hydrogen-bond acceptors (Lipinski definition) is 1. The molecule has 18 heavy (non-hydrogen) atoms. The van der Waals surface area contributed by atoms with Crippen LogP contribution in [-0.4, -0.2) is 5.78 Å². The van der Waals surface area contributed by atoms with E-state index >= 15 is 0 Å². The molecule has 0 amide bonds. The Kier molecular flexibility index (Phi) is 4.69. The summed E-state index contributed by atoms with van der Waals surface area (Å²) < 4.78 is 0. The van der Waals surface area contributed by atoms with Gasteiger partial charge in [0.25, 0.3) is 0 Å². The third-order valence-corrected chi connectivity index (χ3v) is 4.69. The van der Waals surface area contributed by atoms with Crippen molar-refractivity contribution in [3.8, 4) is 0 Å². The van der Waals surface area contributed by atoms with Gasteiger partial charge in [-0.3, -0.25) is 4.79 Å². The third-order valence-electron chi connectivity index (χ3n) is 3.99. The summed E-state index contributed by atoms with van der Waals surface area (Å²) in [6.45, 7) is 2.20. The molecule has 2 rings (SSSR count). The number of ketones is 1. The molecular weight excluding hydrogens is 267 g/mol. The van der Waals surface area contributed by atoms with Crippen molar-refractivity contribution in [2.75, 3.05) is 0 Å². The summed E-state index contributed by atoms with van der Waals surface area (Å²) in [5.74, 6) is 1.23. The lowest BCUT2D eigenvalue weighted by Crippen LogP contribution is -2.14. The zero-order valence-electron chi connectivity index (χ0n) is 10.6. The van der Waals surface area contributed by atoms with Crippen LogP contribution in [0.4, 0.5) is 0 Å². The van der Waals surface area contributed by atoms with Gasteiger partial charge in [0.1, 0.15) is 5.78 Å². The van der Waals surface area contributed by atoms with Crippen LogP contribution in [0.1, 0.15) is 38.2 Å². The molecule has 1 fully saturated rings. The van der Waals surface area contributed by atoms with Crippen molar-refractivity contribution in [1.29, 1.82) is 0 Å². The monoisotopic (exact) mass is 284 g/mol. The first-order valence-electron chi connectivity index (χ1n) is 6.57. The average Bonchev–Trinajstić information content (AvgIpc) is 2.82. The Balaban J connectivity index is 2.04. The van der Waals surface area contributed by atoms with Crippen LogP contribution in [0.5, 0.6) is 0 Å². The largest absolute Gasteiger partial charge is 0.299 e. The molecule has 0 aliphatic heterocycles. The molecule has 0 heterocycles. The maximum absolute atomic E-state index is 12.3. The van der Waals surface area contributed by atoms with Gasteiger partial charge in [-0.1, -0.05) is 42.6 Å². The van der Waals surface area contributed by atoms with Crippen LogP contribution in [0.2, 0.25) is 10.0 Å². The number of halogens is 2. The topological polar surface area (TPSA) is 17.1 Å². The molecule has 1 saturated carbocycles. The van der Waals surface area contributed by atoms with E-state index in [1.807, 2.05) is 0 Å². The molecule has 0 N–H and O–H groups in total. The number of carbonyl (C=O) groups is 1. The van der Waals surface area contributed by atoms with Gasteiger partial charge in [0.2, 0.25) is 0 Å². The second kappa shape index (κ2) is 6.08. The highest BCUT2D eigenvalue weighted by atomic mass is 35.5. The van der Waals surface area contributed by atoms with E-state index in [0.717, 1.165) is 24.3 Å². The van der Waals surface area contributed by atoms with Crippen LogP contribution < -0.4 is 0 Å². The molecule has 1 nitrogen and oxygen atoms in total. The van der Waals surface area contributed by atoms with Crippen molar-refractivity contribution in [3.05, 3.63) is 33.8 Å². The summed E-state index contributed by atoms with van der Waals surface area (Å²) in [6.07, 6.45) is 4.80. The zero-order chi connectivity index (χ0) is 13.1. The number of rotatable bonds is 4. The SMILES string of the molecule is CCC1CCC(C(=O)Cc2c(Cl)cccc2Cl)C1. The number of benzene rings is 1. The highest BCUT2D eigenvalue weighted by molar-refractivity contribution is 6.36. The lowest BCUT2D eigenvalue weighted by Gasteiger charge is -2.11. The summed E-state index contributed by atoms with van der Waals surface area (Å²) in [6, 6.07) is 5.39. The summed E-state index contributed by atoms with van der Waals surface area (Å²) in [5, 5.41) is 1.20. The van der Waals surface area contributed by atoms with E-state index in [0.29, 0.717) is 22.2 Å². The number of Topliss-reactive ketones (excluding diaryl/α,β-unsaturated/α-hetero) is 1.